The molecule has 0 unspecified atom stereocenters. The average Bonchev–Trinajstić information content (AvgIpc) is 3.43. The van der Waals surface area contributed by atoms with Crippen molar-refractivity contribution in [2.24, 2.45) is 0 Å². The molecule has 0 spiro atoms. The number of carbonyl (C=O) groups is 1. The van der Waals surface area contributed by atoms with Crippen LogP contribution < -0.4 is 10.1 Å². The monoisotopic (exact) mass is 374 g/mol. The Morgan fingerprint density at radius 3 is 2.68 bits per heavy atom. The highest BCUT2D eigenvalue weighted by Crippen LogP contribution is 2.15. The topological polar surface area (TPSA) is 97.7 Å². The maximum atomic E-state index is 12.4. The number of benzene rings is 2. The number of nitrogens with one attached hydrogen (secondary N) is 2. The number of aromatic nitrogens is 5. The van der Waals surface area contributed by atoms with Gasteiger partial charge in [-0.2, -0.15) is 0 Å². The lowest BCUT2D eigenvalue weighted by molar-refractivity contribution is 0.0946. The zero-order valence-electron chi connectivity index (χ0n) is 15.2. The molecule has 2 heterocycles. The van der Waals surface area contributed by atoms with Crippen LogP contribution in [0.2, 0.25) is 0 Å². The average molecular weight is 374 g/mol. The summed E-state index contributed by atoms with van der Waals surface area (Å²) in [5, 5.41) is 11.0. The van der Waals surface area contributed by atoms with Gasteiger partial charge in [0.25, 0.3) is 5.91 Å². The molecule has 0 saturated heterocycles. The van der Waals surface area contributed by atoms with E-state index in [0.29, 0.717) is 17.2 Å². The lowest BCUT2D eigenvalue weighted by atomic mass is 10.2. The lowest BCUT2D eigenvalue weighted by Crippen LogP contribution is -2.23. The molecule has 0 radical (unpaired) electrons. The highest BCUT2D eigenvalue weighted by Gasteiger charge is 2.11. The van der Waals surface area contributed by atoms with Crippen molar-refractivity contribution >= 4 is 5.91 Å². The van der Waals surface area contributed by atoms with Crippen LogP contribution >= 0.6 is 0 Å². The van der Waals surface area contributed by atoms with Crippen LogP contribution in [-0.2, 0) is 6.54 Å². The van der Waals surface area contributed by atoms with E-state index in [-0.39, 0.29) is 12.5 Å². The van der Waals surface area contributed by atoms with E-state index < -0.39 is 0 Å². The van der Waals surface area contributed by atoms with Gasteiger partial charge in [0.05, 0.1) is 31.7 Å². The fourth-order valence-electron chi connectivity index (χ4n) is 2.69. The first-order valence-corrected chi connectivity index (χ1v) is 8.67. The van der Waals surface area contributed by atoms with Crippen LogP contribution in [0.1, 0.15) is 16.2 Å². The summed E-state index contributed by atoms with van der Waals surface area (Å²) in [4.78, 5) is 19.7. The van der Waals surface area contributed by atoms with Crippen LogP contribution in [0.3, 0.4) is 0 Å². The van der Waals surface area contributed by atoms with E-state index in [2.05, 4.69) is 25.6 Å². The van der Waals surface area contributed by atoms with E-state index in [1.54, 1.807) is 18.0 Å². The van der Waals surface area contributed by atoms with Crippen molar-refractivity contribution in [2.75, 3.05) is 7.11 Å². The second-order valence-corrected chi connectivity index (χ2v) is 6.05. The van der Waals surface area contributed by atoms with Gasteiger partial charge in [-0.3, -0.25) is 4.79 Å². The van der Waals surface area contributed by atoms with Crippen molar-refractivity contribution in [1.82, 2.24) is 30.3 Å². The number of methoxy groups -OCH3 is 1. The van der Waals surface area contributed by atoms with Crippen molar-refractivity contribution in [1.29, 1.82) is 0 Å². The number of H-pyrrole nitrogens is 1. The zero-order valence-corrected chi connectivity index (χ0v) is 15.2. The zero-order chi connectivity index (χ0) is 19.3. The smallest absolute Gasteiger partial charge is 0.269 e. The molecule has 28 heavy (non-hydrogen) atoms. The van der Waals surface area contributed by atoms with Gasteiger partial charge in [-0.1, -0.05) is 35.5 Å². The van der Waals surface area contributed by atoms with E-state index in [9.17, 15) is 4.79 Å². The molecule has 2 aromatic carbocycles. The fraction of sp³-hybridized carbons (Fsp3) is 0.100. The number of aromatic amines is 1. The van der Waals surface area contributed by atoms with E-state index in [1.807, 2.05) is 54.6 Å². The SMILES string of the molecule is COc1ccc(-n2cc(CNC(=O)c3cnc(-c4ccccc4)[nH]3)nn2)cc1. The normalized spacial score (nSPS) is 10.6. The number of hydrogen-bond acceptors (Lipinski definition) is 5. The van der Waals surface area contributed by atoms with E-state index in [0.717, 1.165) is 17.0 Å². The standard InChI is InChI=1S/C20H18N6O2/c1-28-17-9-7-16(8-10-17)26-13-15(24-25-26)11-22-20(27)18-12-21-19(23-18)14-5-3-2-4-6-14/h2-10,12-13H,11H2,1H3,(H,21,23)(H,22,27). The van der Waals surface area contributed by atoms with Crippen LogP contribution in [0.5, 0.6) is 5.75 Å². The summed E-state index contributed by atoms with van der Waals surface area (Å²) in [5.41, 5.74) is 2.81. The summed E-state index contributed by atoms with van der Waals surface area (Å²) in [6.45, 7) is 0.259. The van der Waals surface area contributed by atoms with Gasteiger partial charge < -0.3 is 15.0 Å². The maximum absolute atomic E-state index is 12.4. The summed E-state index contributed by atoms with van der Waals surface area (Å²) in [7, 11) is 1.62. The molecular weight excluding hydrogens is 356 g/mol. The summed E-state index contributed by atoms with van der Waals surface area (Å²) < 4.78 is 6.79. The van der Waals surface area contributed by atoms with Crippen molar-refractivity contribution in [2.45, 2.75) is 6.54 Å². The predicted molar refractivity (Wildman–Crippen MR) is 103 cm³/mol. The van der Waals surface area contributed by atoms with Crippen molar-refractivity contribution in [3.05, 3.63) is 78.4 Å². The number of nitrogens with zero attached hydrogens (tertiary/aromatic N) is 4. The highest BCUT2D eigenvalue weighted by molar-refractivity contribution is 5.92. The quantitative estimate of drug-likeness (QED) is 0.541. The van der Waals surface area contributed by atoms with Crippen LogP contribution in [0, 0.1) is 0 Å². The Labute approximate surface area is 161 Å². The van der Waals surface area contributed by atoms with Crippen LogP contribution in [0.25, 0.3) is 17.1 Å². The molecule has 2 N–H and O–H groups in total. The Bertz CT molecular complexity index is 1070. The van der Waals surface area contributed by atoms with E-state index in [1.165, 1.54) is 6.20 Å². The molecule has 0 saturated carbocycles. The first kappa shape index (κ1) is 17.5. The summed E-state index contributed by atoms with van der Waals surface area (Å²) in [5.74, 6) is 1.16. The Morgan fingerprint density at radius 2 is 1.93 bits per heavy atom. The van der Waals surface area contributed by atoms with Gasteiger partial charge in [0, 0.05) is 5.56 Å². The van der Waals surface area contributed by atoms with Crippen molar-refractivity contribution in [3.63, 3.8) is 0 Å². The minimum absolute atomic E-state index is 0.256. The minimum atomic E-state index is -0.256. The Balaban J connectivity index is 1.39. The molecule has 2 aromatic heterocycles. The second-order valence-electron chi connectivity index (χ2n) is 6.05. The third kappa shape index (κ3) is 3.75. The number of carbonyl (C=O) groups excluding carboxylic acids is 1. The van der Waals surface area contributed by atoms with Gasteiger partial charge in [0.2, 0.25) is 0 Å². The molecule has 0 bridgehead atoms. The van der Waals surface area contributed by atoms with Crippen LogP contribution in [-0.4, -0.2) is 38.0 Å². The first-order valence-electron chi connectivity index (χ1n) is 8.67. The molecule has 0 aliphatic rings. The van der Waals surface area contributed by atoms with Crippen LogP contribution in [0.15, 0.2) is 67.0 Å². The third-order valence-corrected chi connectivity index (χ3v) is 4.18. The molecule has 4 aromatic rings. The van der Waals surface area contributed by atoms with Gasteiger partial charge in [0.15, 0.2) is 0 Å². The molecule has 0 atom stereocenters. The fourth-order valence-corrected chi connectivity index (χ4v) is 2.69. The van der Waals surface area contributed by atoms with E-state index >= 15 is 0 Å². The van der Waals surface area contributed by atoms with Gasteiger partial charge >= 0.3 is 0 Å². The molecule has 140 valence electrons. The minimum Gasteiger partial charge on any atom is -0.497 e. The summed E-state index contributed by atoms with van der Waals surface area (Å²) in [6, 6.07) is 17.1. The first-order chi connectivity index (χ1) is 13.7. The molecule has 8 nitrogen and oxygen atoms in total. The van der Waals surface area contributed by atoms with Crippen LogP contribution in [0.4, 0.5) is 0 Å². The summed E-state index contributed by atoms with van der Waals surface area (Å²) in [6.07, 6.45) is 3.29. The van der Waals surface area contributed by atoms with E-state index in [4.69, 9.17) is 4.74 Å². The number of ether oxygens (including phenoxy) is 1. The van der Waals surface area contributed by atoms with Crippen molar-refractivity contribution < 1.29 is 9.53 Å². The lowest BCUT2D eigenvalue weighted by Gasteiger charge is -2.02. The Kier molecular flexibility index (Phi) is 4.83. The largest absolute Gasteiger partial charge is 0.497 e. The number of amides is 1. The Morgan fingerprint density at radius 1 is 1.14 bits per heavy atom. The van der Waals surface area contributed by atoms with Gasteiger partial charge in [-0.25, -0.2) is 9.67 Å². The second kappa shape index (κ2) is 7.75. The third-order valence-electron chi connectivity index (χ3n) is 4.18. The summed E-state index contributed by atoms with van der Waals surface area (Å²) >= 11 is 0. The molecular formula is C20H18N6O2. The molecule has 1 amide bonds. The molecule has 4 rings (SSSR count). The Hall–Kier alpha value is -3.94. The molecule has 0 fully saturated rings. The number of imidazole rings is 1. The molecule has 0 aliphatic heterocycles. The van der Waals surface area contributed by atoms with Gasteiger partial charge in [-0.05, 0) is 24.3 Å². The molecule has 8 heteroatoms. The van der Waals surface area contributed by atoms with Gasteiger partial charge in [0.1, 0.15) is 23.0 Å². The highest BCUT2D eigenvalue weighted by atomic mass is 16.5. The predicted octanol–water partition coefficient (Wildman–Crippen LogP) is 2.60. The molecule has 0 aliphatic carbocycles. The van der Waals surface area contributed by atoms with Gasteiger partial charge in [-0.15, -0.1) is 5.10 Å². The number of rotatable bonds is 6. The number of hydrogen-bond donors (Lipinski definition) is 2. The van der Waals surface area contributed by atoms with Crippen molar-refractivity contribution in [3.8, 4) is 22.8 Å². The maximum Gasteiger partial charge on any atom is 0.269 e.